The van der Waals surface area contributed by atoms with Gasteiger partial charge in [-0.2, -0.15) is 0 Å². The Kier molecular flexibility index (Phi) is 7.02. The zero-order valence-corrected chi connectivity index (χ0v) is 15.5. The quantitative estimate of drug-likeness (QED) is 0.585. The molecule has 2 saturated carbocycles. The Morgan fingerprint density at radius 2 is 1.92 bits per heavy atom. The van der Waals surface area contributed by atoms with Crippen LogP contribution in [0.1, 0.15) is 69.5 Å². The van der Waals surface area contributed by atoms with Crippen molar-refractivity contribution in [1.82, 2.24) is 20.3 Å². The minimum Gasteiger partial charge on any atom is -0.394 e. The molecule has 0 bridgehead atoms. The normalized spacial score (nSPS) is 20.7. The highest BCUT2D eigenvalue weighted by Gasteiger charge is 2.31. The Balaban J connectivity index is 1.48. The number of aromatic nitrogens is 3. The standard InChI is InChI=1S/C19H32N4O3/c24-12-16(20-19(26)15-6-7-15)8-9-18(13-25)23-11-17(21-22-23)10-14-4-2-1-3-5-14/h11,14-16,18,24-25H,1-10,12-13H2,(H,20,26)/t16-,18-/m1/s1. The largest absolute Gasteiger partial charge is 0.394 e. The predicted octanol–water partition coefficient (Wildman–Crippen LogP) is 1.60. The van der Waals surface area contributed by atoms with Crippen molar-refractivity contribution in [1.29, 1.82) is 0 Å². The number of aliphatic hydroxyl groups excluding tert-OH is 2. The van der Waals surface area contributed by atoms with Gasteiger partial charge >= 0.3 is 0 Å². The summed E-state index contributed by atoms with van der Waals surface area (Å²) in [6.45, 7) is -0.109. The highest BCUT2D eigenvalue weighted by Crippen LogP contribution is 2.29. The lowest BCUT2D eigenvalue weighted by Gasteiger charge is -2.20. The van der Waals surface area contributed by atoms with E-state index in [-0.39, 0.29) is 37.1 Å². The fraction of sp³-hybridized carbons (Fsp3) is 0.842. The first kappa shape index (κ1) is 19.3. The van der Waals surface area contributed by atoms with E-state index in [1.54, 1.807) is 4.68 Å². The Hall–Kier alpha value is -1.47. The minimum absolute atomic E-state index is 0.0268. The first-order valence-corrected chi connectivity index (χ1v) is 10.1. The third-order valence-corrected chi connectivity index (χ3v) is 5.73. The van der Waals surface area contributed by atoms with E-state index in [1.165, 1.54) is 32.1 Å². The molecular formula is C19H32N4O3. The van der Waals surface area contributed by atoms with E-state index in [2.05, 4.69) is 15.6 Å². The van der Waals surface area contributed by atoms with Crippen LogP contribution in [-0.4, -0.2) is 50.4 Å². The zero-order chi connectivity index (χ0) is 18.4. The number of rotatable bonds is 10. The Morgan fingerprint density at radius 1 is 1.15 bits per heavy atom. The zero-order valence-electron chi connectivity index (χ0n) is 15.5. The molecule has 0 aliphatic heterocycles. The Morgan fingerprint density at radius 3 is 2.58 bits per heavy atom. The lowest BCUT2D eigenvalue weighted by molar-refractivity contribution is -0.123. The summed E-state index contributed by atoms with van der Waals surface area (Å²) < 4.78 is 1.75. The van der Waals surface area contributed by atoms with E-state index in [0.29, 0.717) is 18.8 Å². The minimum atomic E-state index is -0.262. The van der Waals surface area contributed by atoms with Gasteiger partial charge in [0.2, 0.25) is 5.91 Å². The Bertz CT molecular complexity index is 567. The van der Waals surface area contributed by atoms with Crippen molar-refractivity contribution in [3.05, 3.63) is 11.9 Å². The monoisotopic (exact) mass is 364 g/mol. The van der Waals surface area contributed by atoms with Crippen LogP contribution in [0.5, 0.6) is 0 Å². The third kappa shape index (κ3) is 5.51. The van der Waals surface area contributed by atoms with Gasteiger partial charge in [0.05, 0.1) is 31.0 Å². The number of amides is 1. The summed E-state index contributed by atoms with van der Waals surface area (Å²) in [7, 11) is 0. The average molecular weight is 364 g/mol. The molecule has 0 radical (unpaired) electrons. The van der Waals surface area contributed by atoms with Crippen molar-refractivity contribution in [3.63, 3.8) is 0 Å². The summed E-state index contributed by atoms with van der Waals surface area (Å²) in [5.74, 6) is 0.883. The number of aliphatic hydroxyl groups is 2. The first-order chi connectivity index (χ1) is 12.7. The molecule has 3 N–H and O–H groups in total. The number of hydrogen-bond acceptors (Lipinski definition) is 5. The topological polar surface area (TPSA) is 100 Å². The molecule has 2 aliphatic rings. The molecule has 7 heteroatoms. The van der Waals surface area contributed by atoms with E-state index in [0.717, 1.165) is 25.0 Å². The first-order valence-electron chi connectivity index (χ1n) is 10.1. The van der Waals surface area contributed by atoms with Crippen LogP contribution in [0.4, 0.5) is 0 Å². The predicted molar refractivity (Wildman–Crippen MR) is 97.4 cm³/mol. The van der Waals surface area contributed by atoms with Crippen molar-refractivity contribution in [3.8, 4) is 0 Å². The van der Waals surface area contributed by atoms with E-state index in [1.807, 2.05) is 6.20 Å². The van der Waals surface area contributed by atoms with E-state index in [9.17, 15) is 15.0 Å². The van der Waals surface area contributed by atoms with Gasteiger partial charge in [0.1, 0.15) is 0 Å². The molecule has 1 aromatic heterocycles. The van der Waals surface area contributed by atoms with Crippen LogP contribution in [0.25, 0.3) is 0 Å². The maximum absolute atomic E-state index is 11.9. The average Bonchev–Trinajstić information content (AvgIpc) is 3.42. The van der Waals surface area contributed by atoms with Gasteiger partial charge in [0, 0.05) is 12.1 Å². The molecule has 2 atom stereocenters. The lowest BCUT2D eigenvalue weighted by atomic mass is 9.86. The summed E-state index contributed by atoms with van der Waals surface area (Å²) in [5, 5.41) is 30.6. The van der Waals surface area contributed by atoms with Crippen molar-refractivity contribution in [2.45, 2.75) is 76.3 Å². The smallest absolute Gasteiger partial charge is 0.223 e. The van der Waals surface area contributed by atoms with Crippen LogP contribution in [0.2, 0.25) is 0 Å². The van der Waals surface area contributed by atoms with Gasteiger partial charge in [-0.1, -0.05) is 37.3 Å². The van der Waals surface area contributed by atoms with E-state index >= 15 is 0 Å². The second-order valence-electron chi connectivity index (χ2n) is 7.97. The third-order valence-electron chi connectivity index (χ3n) is 5.73. The number of hydrogen-bond donors (Lipinski definition) is 3. The fourth-order valence-electron chi connectivity index (χ4n) is 3.85. The molecule has 2 aliphatic carbocycles. The number of carbonyl (C=O) groups is 1. The molecule has 0 saturated heterocycles. The van der Waals surface area contributed by atoms with Crippen LogP contribution in [0, 0.1) is 11.8 Å². The molecule has 0 aromatic carbocycles. The van der Waals surface area contributed by atoms with Crippen molar-refractivity contribution < 1.29 is 15.0 Å². The van der Waals surface area contributed by atoms with Gasteiger partial charge in [-0.05, 0) is 38.0 Å². The molecule has 0 spiro atoms. The SMILES string of the molecule is O=C(N[C@@H](CO)CC[C@H](CO)n1cc(CC2CCCCC2)nn1)C1CC1. The second-order valence-corrected chi connectivity index (χ2v) is 7.97. The number of carbonyl (C=O) groups excluding carboxylic acids is 1. The van der Waals surface area contributed by atoms with Gasteiger partial charge in [-0.3, -0.25) is 4.79 Å². The lowest BCUT2D eigenvalue weighted by Crippen LogP contribution is -2.38. The molecule has 1 amide bonds. The van der Waals surface area contributed by atoms with Crippen molar-refractivity contribution in [2.75, 3.05) is 13.2 Å². The van der Waals surface area contributed by atoms with Crippen LogP contribution in [0.15, 0.2) is 6.20 Å². The van der Waals surface area contributed by atoms with E-state index < -0.39 is 0 Å². The molecule has 0 unspecified atom stereocenters. The summed E-state index contributed by atoms with van der Waals surface area (Å²) in [6.07, 6.45) is 12.6. The highest BCUT2D eigenvalue weighted by molar-refractivity contribution is 5.81. The number of nitrogens with zero attached hydrogens (tertiary/aromatic N) is 3. The van der Waals surface area contributed by atoms with Gasteiger partial charge in [-0.15, -0.1) is 5.10 Å². The van der Waals surface area contributed by atoms with E-state index in [4.69, 9.17) is 0 Å². The molecular weight excluding hydrogens is 332 g/mol. The molecule has 146 valence electrons. The van der Waals surface area contributed by atoms with Crippen LogP contribution < -0.4 is 5.32 Å². The summed E-state index contributed by atoms with van der Waals surface area (Å²) in [4.78, 5) is 11.9. The fourth-order valence-corrected chi connectivity index (χ4v) is 3.85. The summed E-state index contributed by atoms with van der Waals surface area (Å²) in [5.41, 5.74) is 0.996. The van der Waals surface area contributed by atoms with Gasteiger partial charge in [0.25, 0.3) is 0 Å². The van der Waals surface area contributed by atoms with Gasteiger partial charge in [-0.25, -0.2) is 4.68 Å². The maximum atomic E-state index is 11.9. The second kappa shape index (κ2) is 9.46. The molecule has 1 heterocycles. The summed E-state index contributed by atoms with van der Waals surface area (Å²) in [6, 6.07) is -0.433. The van der Waals surface area contributed by atoms with Crippen molar-refractivity contribution in [2.24, 2.45) is 11.8 Å². The Labute approximate surface area is 155 Å². The molecule has 1 aromatic rings. The van der Waals surface area contributed by atoms with Gasteiger partial charge < -0.3 is 15.5 Å². The number of nitrogens with one attached hydrogen (secondary N) is 1. The van der Waals surface area contributed by atoms with Crippen LogP contribution in [-0.2, 0) is 11.2 Å². The molecule has 3 rings (SSSR count). The summed E-state index contributed by atoms with van der Waals surface area (Å²) >= 11 is 0. The van der Waals surface area contributed by atoms with Crippen LogP contribution >= 0.6 is 0 Å². The van der Waals surface area contributed by atoms with Crippen LogP contribution in [0.3, 0.4) is 0 Å². The molecule has 2 fully saturated rings. The highest BCUT2D eigenvalue weighted by atomic mass is 16.3. The molecule has 7 nitrogen and oxygen atoms in total. The van der Waals surface area contributed by atoms with Gasteiger partial charge in [0.15, 0.2) is 0 Å². The maximum Gasteiger partial charge on any atom is 0.223 e. The van der Waals surface area contributed by atoms with Crippen molar-refractivity contribution >= 4 is 5.91 Å². The molecule has 26 heavy (non-hydrogen) atoms.